The van der Waals surface area contributed by atoms with E-state index in [0.717, 1.165) is 18.6 Å². The van der Waals surface area contributed by atoms with E-state index in [4.69, 9.17) is 34.8 Å². The normalized spacial score (nSPS) is 10.9. The van der Waals surface area contributed by atoms with E-state index >= 15 is 0 Å². The second kappa shape index (κ2) is 4.32. The lowest BCUT2D eigenvalue weighted by Crippen LogP contribution is -1.64. The van der Waals surface area contributed by atoms with Crippen molar-refractivity contribution < 1.29 is 0 Å². The first-order valence-corrected chi connectivity index (χ1v) is 7.04. The first-order chi connectivity index (χ1) is 6.58. The summed E-state index contributed by atoms with van der Waals surface area (Å²) >= 11 is 24.1. The molecule has 0 aliphatic carbocycles. The minimum atomic E-state index is 0.666. The molecular weight excluding hydrogens is 346 g/mol. The molecule has 0 N–H and O–H groups in total. The molecule has 0 aromatic carbocycles. The first kappa shape index (κ1) is 11.2. The summed E-state index contributed by atoms with van der Waals surface area (Å²) in [6.45, 7) is 0. The van der Waals surface area contributed by atoms with E-state index in [1.807, 2.05) is 6.07 Å². The highest BCUT2D eigenvalue weighted by Crippen LogP contribution is 2.46. The highest BCUT2D eigenvalue weighted by molar-refractivity contribution is 9.10. The average Bonchev–Trinajstić information content (AvgIpc) is 2.55. The topological polar surface area (TPSA) is 0 Å². The van der Waals surface area contributed by atoms with E-state index in [1.54, 1.807) is 6.07 Å². The zero-order valence-electron chi connectivity index (χ0n) is 6.48. The number of hydrogen-bond donors (Lipinski definition) is 0. The smallest absolute Gasteiger partial charge is 0.0950 e. The van der Waals surface area contributed by atoms with Gasteiger partial charge in [-0.3, -0.25) is 0 Å². The number of halogens is 4. The molecule has 0 nitrogen and oxygen atoms in total. The lowest BCUT2D eigenvalue weighted by atomic mass is 10.4. The van der Waals surface area contributed by atoms with Crippen LogP contribution in [-0.4, -0.2) is 0 Å². The predicted molar refractivity (Wildman–Crippen MR) is 70.4 cm³/mol. The average molecular weight is 349 g/mol. The summed E-state index contributed by atoms with van der Waals surface area (Å²) in [6.07, 6.45) is 0. The third-order valence-corrected chi connectivity index (χ3v) is 5.51. The molecular formula is C8H2BrCl3S2. The van der Waals surface area contributed by atoms with Crippen LogP contribution >= 0.6 is 73.4 Å². The number of thiophene rings is 2. The maximum atomic E-state index is 6.03. The molecule has 0 radical (unpaired) electrons. The molecule has 0 saturated heterocycles. The monoisotopic (exact) mass is 346 g/mol. The summed E-state index contributed by atoms with van der Waals surface area (Å²) in [5.74, 6) is 0. The van der Waals surface area contributed by atoms with Crippen molar-refractivity contribution in [2.75, 3.05) is 0 Å². The minimum absolute atomic E-state index is 0.666. The summed E-state index contributed by atoms with van der Waals surface area (Å²) in [6, 6.07) is 3.59. The number of hydrogen-bond acceptors (Lipinski definition) is 2. The van der Waals surface area contributed by atoms with E-state index in [9.17, 15) is 0 Å². The fraction of sp³-hybridized carbons (Fsp3) is 0. The van der Waals surface area contributed by atoms with Crippen molar-refractivity contribution in [3.05, 3.63) is 30.3 Å². The molecule has 0 fully saturated rings. The van der Waals surface area contributed by atoms with Crippen molar-refractivity contribution in [3.8, 4) is 9.75 Å². The Hall–Kier alpha value is 0.750. The molecule has 0 unspecified atom stereocenters. The molecule has 0 aliphatic rings. The Kier molecular flexibility index (Phi) is 3.47. The summed E-state index contributed by atoms with van der Waals surface area (Å²) in [4.78, 5) is 1.98. The van der Waals surface area contributed by atoms with Crippen LogP contribution in [0.15, 0.2) is 16.6 Å². The molecule has 0 amide bonds. The molecule has 0 aliphatic heterocycles. The van der Waals surface area contributed by atoms with E-state index in [-0.39, 0.29) is 0 Å². The van der Waals surface area contributed by atoms with Gasteiger partial charge >= 0.3 is 0 Å². The van der Waals surface area contributed by atoms with Gasteiger partial charge in [0.1, 0.15) is 0 Å². The van der Waals surface area contributed by atoms with Gasteiger partial charge in [0.05, 0.1) is 23.4 Å². The van der Waals surface area contributed by atoms with Crippen LogP contribution in [0, 0.1) is 0 Å². The summed E-state index contributed by atoms with van der Waals surface area (Å²) < 4.78 is 2.36. The second-order valence-corrected chi connectivity index (χ2v) is 7.08. The zero-order chi connectivity index (χ0) is 10.3. The van der Waals surface area contributed by atoms with Gasteiger partial charge in [-0.15, -0.1) is 22.7 Å². The lowest BCUT2D eigenvalue weighted by Gasteiger charge is -1.93. The fourth-order valence-electron chi connectivity index (χ4n) is 0.991. The summed E-state index contributed by atoms with van der Waals surface area (Å²) in [5.41, 5.74) is 0. The quantitative estimate of drug-likeness (QED) is 0.575. The van der Waals surface area contributed by atoms with Gasteiger partial charge in [-0.05, 0) is 28.1 Å². The maximum absolute atomic E-state index is 6.03. The summed E-state index contributed by atoms with van der Waals surface area (Å²) in [5, 5.41) is 0.666. The van der Waals surface area contributed by atoms with Gasteiger partial charge in [-0.2, -0.15) is 0 Å². The first-order valence-electron chi connectivity index (χ1n) is 3.48. The Bertz CT molecular complexity index is 431. The molecule has 0 spiro atoms. The Morgan fingerprint density at radius 3 is 1.93 bits per heavy atom. The van der Waals surface area contributed by atoms with Crippen LogP contribution in [0.2, 0.25) is 13.7 Å². The molecule has 0 atom stereocenters. The van der Waals surface area contributed by atoms with Crippen LogP contribution < -0.4 is 0 Å². The van der Waals surface area contributed by atoms with E-state index in [1.165, 1.54) is 22.7 Å². The van der Waals surface area contributed by atoms with Crippen molar-refractivity contribution in [2.45, 2.75) is 0 Å². The molecule has 2 aromatic heterocycles. The Morgan fingerprint density at radius 2 is 1.50 bits per heavy atom. The van der Waals surface area contributed by atoms with Crippen molar-refractivity contribution in [1.29, 1.82) is 0 Å². The van der Waals surface area contributed by atoms with Gasteiger partial charge in [-0.25, -0.2) is 0 Å². The van der Waals surface area contributed by atoms with Crippen LogP contribution in [-0.2, 0) is 0 Å². The van der Waals surface area contributed by atoms with Gasteiger partial charge in [0.25, 0.3) is 0 Å². The molecule has 0 saturated carbocycles. The Balaban J connectivity index is 2.59. The van der Waals surface area contributed by atoms with Crippen molar-refractivity contribution in [1.82, 2.24) is 0 Å². The molecule has 14 heavy (non-hydrogen) atoms. The molecule has 74 valence electrons. The van der Waals surface area contributed by atoms with Gasteiger partial charge < -0.3 is 0 Å². The largest absolute Gasteiger partial charge is 0.121 e. The van der Waals surface area contributed by atoms with E-state index in [0.29, 0.717) is 9.36 Å². The van der Waals surface area contributed by atoms with Gasteiger partial charge in [-0.1, -0.05) is 34.8 Å². The zero-order valence-corrected chi connectivity index (χ0v) is 12.0. The van der Waals surface area contributed by atoms with Gasteiger partial charge in [0, 0.05) is 4.47 Å². The highest BCUT2D eigenvalue weighted by atomic mass is 79.9. The van der Waals surface area contributed by atoms with Crippen molar-refractivity contribution in [3.63, 3.8) is 0 Å². The standard InChI is InChI=1S/C8H2BrCl3S2/c9-3-1-5(11)13-7(3)8-4(10)2-6(12)14-8/h1-2H. The molecule has 2 rings (SSSR count). The SMILES string of the molecule is Clc1cc(Cl)c(-c2sc(Cl)cc2Br)s1. The third-order valence-electron chi connectivity index (χ3n) is 1.52. The molecule has 6 heteroatoms. The summed E-state index contributed by atoms with van der Waals surface area (Å²) in [7, 11) is 0. The van der Waals surface area contributed by atoms with Crippen LogP contribution in [0.1, 0.15) is 0 Å². The van der Waals surface area contributed by atoms with E-state index < -0.39 is 0 Å². The molecule has 0 bridgehead atoms. The lowest BCUT2D eigenvalue weighted by molar-refractivity contribution is 1.85. The van der Waals surface area contributed by atoms with Crippen molar-refractivity contribution >= 4 is 73.4 Å². The molecule has 2 aromatic rings. The Morgan fingerprint density at radius 1 is 0.929 bits per heavy atom. The fourth-order valence-corrected chi connectivity index (χ4v) is 4.96. The predicted octanol–water partition coefficient (Wildman–Crippen LogP) is 6.20. The van der Waals surface area contributed by atoms with E-state index in [2.05, 4.69) is 15.9 Å². The van der Waals surface area contributed by atoms with Crippen LogP contribution in [0.5, 0.6) is 0 Å². The van der Waals surface area contributed by atoms with Crippen LogP contribution in [0.3, 0.4) is 0 Å². The third kappa shape index (κ3) is 2.13. The van der Waals surface area contributed by atoms with Gasteiger partial charge in [0.15, 0.2) is 0 Å². The van der Waals surface area contributed by atoms with Crippen LogP contribution in [0.4, 0.5) is 0 Å². The molecule has 2 heterocycles. The van der Waals surface area contributed by atoms with Crippen LogP contribution in [0.25, 0.3) is 9.75 Å². The Labute approximate surface area is 113 Å². The number of rotatable bonds is 1. The highest BCUT2D eigenvalue weighted by Gasteiger charge is 2.14. The van der Waals surface area contributed by atoms with Crippen molar-refractivity contribution in [2.24, 2.45) is 0 Å². The minimum Gasteiger partial charge on any atom is -0.121 e. The second-order valence-electron chi connectivity index (χ2n) is 2.46. The van der Waals surface area contributed by atoms with Gasteiger partial charge in [0.2, 0.25) is 0 Å². The maximum Gasteiger partial charge on any atom is 0.0950 e.